The minimum absolute atomic E-state index is 0.0536. The van der Waals surface area contributed by atoms with Crippen molar-refractivity contribution < 1.29 is 4.74 Å². The van der Waals surface area contributed by atoms with Gasteiger partial charge in [-0.1, -0.05) is 140 Å². The molecule has 4 heteroatoms. The Morgan fingerprint density at radius 1 is 0.434 bits per heavy atom. The molecule has 0 radical (unpaired) electrons. The van der Waals surface area contributed by atoms with E-state index in [9.17, 15) is 0 Å². The Kier molecular flexibility index (Phi) is 6.65. The van der Waals surface area contributed by atoms with Crippen LogP contribution in [0.15, 0.2) is 176 Å². The molecule has 1 aliphatic carbocycles. The molecule has 2 atom stereocenters. The van der Waals surface area contributed by atoms with Crippen molar-refractivity contribution in [1.29, 1.82) is 0 Å². The van der Waals surface area contributed by atoms with Gasteiger partial charge in [0, 0.05) is 22.3 Å². The SMILES string of the molecule is C1=CC2Oc3ccccc3C2C(c2cc(-c3nc(-c4ccc5ccccc5c4)nc(-c4ccc5ccc6ccccc6c5c4)n3)cc3ccccc23)=C1. The molecule has 1 aliphatic heterocycles. The predicted octanol–water partition coefficient (Wildman–Crippen LogP) is 12.0. The molecule has 2 heterocycles. The van der Waals surface area contributed by atoms with Gasteiger partial charge in [-0.05, 0) is 90.6 Å². The predicted molar refractivity (Wildman–Crippen MR) is 217 cm³/mol. The van der Waals surface area contributed by atoms with Gasteiger partial charge in [0.1, 0.15) is 11.9 Å². The van der Waals surface area contributed by atoms with E-state index in [2.05, 4.69) is 170 Å². The van der Waals surface area contributed by atoms with Gasteiger partial charge in [-0.15, -0.1) is 0 Å². The molecule has 1 aromatic heterocycles. The number of nitrogens with zero attached hydrogens (tertiary/aromatic N) is 3. The lowest BCUT2D eigenvalue weighted by Gasteiger charge is -2.24. The fourth-order valence-corrected chi connectivity index (χ4v) is 8.27. The van der Waals surface area contributed by atoms with E-state index in [0.717, 1.165) is 38.8 Å². The van der Waals surface area contributed by atoms with Crippen molar-refractivity contribution in [3.05, 3.63) is 187 Å². The summed E-state index contributed by atoms with van der Waals surface area (Å²) in [5.41, 5.74) is 6.43. The standard InChI is InChI=1S/C49H31N3O/c1-2-12-33-26-35(24-20-30(33)10-1)47-50-48(36-25-23-32-22-21-31-11-3-5-14-38(31)42(32)28-36)52-49(51-47)37-27-34-13-4-6-15-39(34)43(29-37)40-17-9-19-45-46(40)41-16-7-8-18-44(41)53-45/h1-29,45-46H. The van der Waals surface area contributed by atoms with Crippen molar-refractivity contribution in [3.8, 4) is 39.9 Å². The summed E-state index contributed by atoms with van der Waals surface area (Å²) in [6.07, 6.45) is 6.49. The van der Waals surface area contributed by atoms with Crippen LogP contribution in [-0.2, 0) is 0 Å². The molecule has 0 amide bonds. The van der Waals surface area contributed by atoms with Gasteiger partial charge < -0.3 is 4.74 Å². The number of aromatic nitrogens is 3. The second kappa shape index (κ2) is 11.8. The highest BCUT2D eigenvalue weighted by Crippen LogP contribution is 2.49. The summed E-state index contributed by atoms with van der Waals surface area (Å²) < 4.78 is 6.45. The molecule has 4 nitrogen and oxygen atoms in total. The summed E-state index contributed by atoms with van der Waals surface area (Å²) in [4.78, 5) is 15.7. The molecule has 2 unspecified atom stereocenters. The van der Waals surface area contributed by atoms with Crippen LogP contribution in [0.3, 0.4) is 0 Å². The van der Waals surface area contributed by atoms with Crippen molar-refractivity contribution in [3.63, 3.8) is 0 Å². The highest BCUT2D eigenvalue weighted by molar-refractivity contribution is 6.08. The summed E-state index contributed by atoms with van der Waals surface area (Å²) in [5.74, 6) is 2.95. The topological polar surface area (TPSA) is 47.9 Å². The number of hydrogen-bond acceptors (Lipinski definition) is 4. The zero-order chi connectivity index (χ0) is 34.9. The third-order valence-electron chi connectivity index (χ3n) is 10.8. The molecule has 53 heavy (non-hydrogen) atoms. The first-order chi connectivity index (χ1) is 26.2. The Labute approximate surface area is 306 Å². The Bertz CT molecular complexity index is 3010. The minimum atomic E-state index is -0.0536. The van der Waals surface area contributed by atoms with Crippen molar-refractivity contribution >= 4 is 48.7 Å². The number of ether oxygens (including phenoxy) is 1. The van der Waals surface area contributed by atoms with E-state index in [4.69, 9.17) is 19.7 Å². The number of hydrogen-bond donors (Lipinski definition) is 0. The molecule has 9 aromatic rings. The zero-order valence-electron chi connectivity index (χ0n) is 28.6. The summed E-state index contributed by atoms with van der Waals surface area (Å²) >= 11 is 0. The Balaban J connectivity index is 1.13. The maximum absolute atomic E-state index is 6.45. The van der Waals surface area contributed by atoms with Gasteiger partial charge in [-0.25, -0.2) is 15.0 Å². The van der Waals surface area contributed by atoms with Crippen LogP contribution in [0.4, 0.5) is 0 Å². The van der Waals surface area contributed by atoms with Gasteiger partial charge in [-0.3, -0.25) is 0 Å². The fourth-order valence-electron chi connectivity index (χ4n) is 8.27. The Hall–Kier alpha value is -6.91. The highest BCUT2D eigenvalue weighted by atomic mass is 16.5. The van der Waals surface area contributed by atoms with Crippen molar-refractivity contribution in [2.75, 3.05) is 0 Å². The molecule has 8 aromatic carbocycles. The molecule has 2 aliphatic rings. The molecule has 0 saturated heterocycles. The number of para-hydroxylation sites is 1. The monoisotopic (exact) mass is 677 g/mol. The second-order valence-electron chi connectivity index (χ2n) is 13.9. The molecule has 0 saturated carbocycles. The normalized spacial score (nSPS) is 16.1. The fraction of sp³-hybridized carbons (Fsp3) is 0.0408. The van der Waals surface area contributed by atoms with Gasteiger partial charge >= 0.3 is 0 Å². The lowest BCUT2D eigenvalue weighted by atomic mass is 9.79. The molecule has 11 rings (SSSR count). The largest absolute Gasteiger partial charge is 0.485 e. The molecule has 0 fully saturated rings. The van der Waals surface area contributed by atoms with Crippen molar-refractivity contribution in [1.82, 2.24) is 15.0 Å². The van der Waals surface area contributed by atoms with E-state index in [1.807, 2.05) is 6.07 Å². The summed E-state index contributed by atoms with van der Waals surface area (Å²) in [6, 6.07) is 55.8. The summed E-state index contributed by atoms with van der Waals surface area (Å²) in [7, 11) is 0. The van der Waals surface area contributed by atoms with E-state index in [1.165, 1.54) is 43.5 Å². The maximum Gasteiger partial charge on any atom is 0.164 e. The van der Waals surface area contributed by atoms with Gasteiger partial charge in [0.25, 0.3) is 0 Å². The third kappa shape index (κ3) is 4.95. The number of allylic oxidation sites excluding steroid dienone is 2. The molecule has 0 bridgehead atoms. The molecule has 0 spiro atoms. The average molecular weight is 678 g/mol. The van der Waals surface area contributed by atoms with E-state index in [0.29, 0.717) is 17.5 Å². The van der Waals surface area contributed by atoms with Crippen LogP contribution in [0.25, 0.3) is 82.8 Å². The van der Waals surface area contributed by atoms with Crippen LogP contribution in [0.5, 0.6) is 5.75 Å². The van der Waals surface area contributed by atoms with Crippen LogP contribution in [0.1, 0.15) is 17.0 Å². The van der Waals surface area contributed by atoms with Crippen LogP contribution in [0.2, 0.25) is 0 Å². The van der Waals surface area contributed by atoms with Gasteiger partial charge in [0.2, 0.25) is 0 Å². The Morgan fingerprint density at radius 3 is 1.85 bits per heavy atom. The van der Waals surface area contributed by atoms with E-state index < -0.39 is 0 Å². The third-order valence-corrected chi connectivity index (χ3v) is 10.8. The average Bonchev–Trinajstić information content (AvgIpc) is 3.62. The number of rotatable bonds is 4. The van der Waals surface area contributed by atoms with E-state index >= 15 is 0 Å². The van der Waals surface area contributed by atoms with Gasteiger partial charge in [0.05, 0.1) is 5.92 Å². The minimum Gasteiger partial charge on any atom is -0.485 e. The smallest absolute Gasteiger partial charge is 0.164 e. The van der Waals surface area contributed by atoms with Gasteiger partial charge in [-0.2, -0.15) is 0 Å². The lowest BCUT2D eigenvalue weighted by molar-refractivity contribution is 0.271. The first-order valence-electron chi connectivity index (χ1n) is 18.1. The first-order valence-corrected chi connectivity index (χ1v) is 18.1. The number of benzene rings is 8. The first kappa shape index (κ1) is 29.8. The van der Waals surface area contributed by atoms with Crippen LogP contribution in [0, 0.1) is 0 Å². The van der Waals surface area contributed by atoms with Crippen LogP contribution < -0.4 is 4.74 Å². The summed E-state index contributed by atoms with van der Waals surface area (Å²) in [5, 5.41) is 9.41. The maximum atomic E-state index is 6.45. The van der Waals surface area contributed by atoms with Crippen LogP contribution in [-0.4, -0.2) is 21.1 Å². The number of fused-ring (bicyclic) bond motifs is 8. The quantitative estimate of drug-likeness (QED) is 0.174. The van der Waals surface area contributed by atoms with E-state index in [1.54, 1.807) is 0 Å². The molecular weight excluding hydrogens is 647 g/mol. The summed E-state index contributed by atoms with van der Waals surface area (Å²) in [6.45, 7) is 0. The highest BCUT2D eigenvalue weighted by Gasteiger charge is 2.37. The van der Waals surface area contributed by atoms with Crippen molar-refractivity contribution in [2.24, 2.45) is 0 Å². The van der Waals surface area contributed by atoms with Gasteiger partial charge in [0.15, 0.2) is 17.5 Å². The molecule has 248 valence electrons. The molecular formula is C49H31N3O. The molecule has 0 N–H and O–H groups in total. The van der Waals surface area contributed by atoms with Crippen molar-refractivity contribution in [2.45, 2.75) is 12.0 Å². The van der Waals surface area contributed by atoms with E-state index in [-0.39, 0.29) is 12.0 Å². The lowest BCUT2D eigenvalue weighted by Crippen LogP contribution is -2.19. The zero-order valence-corrected chi connectivity index (χ0v) is 28.6. The Morgan fingerprint density at radius 2 is 1.02 bits per heavy atom. The second-order valence-corrected chi connectivity index (χ2v) is 13.9. The van der Waals surface area contributed by atoms with Crippen LogP contribution >= 0.6 is 0 Å².